The SMILES string of the molecule is CC(=O)N(CCc1ccc(C(=O)O)cc1)NCCC(O)Cc1ccc(-c2ccccc2)cc1. The number of nitrogens with one attached hydrogen (secondary N) is 1. The first-order chi connectivity index (χ1) is 15.9. The first kappa shape index (κ1) is 24.2. The van der Waals surface area contributed by atoms with Crippen molar-refractivity contribution in [2.24, 2.45) is 0 Å². The Labute approximate surface area is 194 Å². The van der Waals surface area contributed by atoms with Crippen LogP contribution < -0.4 is 5.43 Å². The zero-order valence-corrected chi connectivity index (χ0v) is 18.8. The van der Waals surface area contributed by atoms with Crippen molar-refractivity contribution < 1.29 is 19.8 Å². The standard InChI is InChI=1S/C27H30N2O4/c1-20(30)29(18-16-21-7-13-25(14-8-21)27(32)33)28-17-15-26(31)19-22-9-11-24(12-10-22)23-5-3-2-4-6-23/h2-14,26,28,31H,15-19H2,1H3,(H,32,33). The van der Waals surface area contributed by atoms with Crippen LogP contribution in [0.2, 0.25) is 0 Å². The van der Waals surface area contributed by atoms with Gasteiger partial charge in [-0.1, -0.05) is 66.7 Å². The predicted molar refractivity (Wildman–Crippen MR) is 129 cm³/mol. The van der Waals surface area contributed by atoms with Crippen molar-refractivity contribution in [3.05, 3.63) is 95.6 Å². The number of aliphatic hydroxyl groups is 1. The average molecular weight is 447 g/mol. The van der Waals surface area contributed by atoms with Gasteiger partial charge in [-0.2, -0.15) is 0 Å². The highest BCUT2D eigenvalue weighted by Gasteiger charge is 2.11. The van der Waals surface area contributed by atoms with Crippen LogP contribution in [-0.4, -0.2) is 46.3 Å². The molecule has 0 bridgehead atoms. The minimum Gasteiger partial charge on any atom is -0.478 e. The van der Waals surface area contributed by atoms with Crippen LogP contribution in [0.3, 0.4) is 0 Å². The van der Waals surface area contributed by atoms with Gasteiger partial charge in [0.15, 0.2) is 0 Å². The van der Waals surface area contributed by atoms with Gasteiger partial charge in [0.05, 0.1) is 11.7 Å². The Hall–Kier alpha value is -3.48. The second kappa shape index (κ2) is 11.9. The third-order valence-electron chi connectivity index (χ3n) is 5.52. The van der Waals surface area contributed by atoms with E-state index in [1.165, 1.54) is 11.9 Å². The quantitative estimate of drug-likeness (QED) is 0.388. The molecule has 0 fully saturated rings. The Morgan fingerprint density at radius 2 is 1.48 bits per heavy atom. The van der Waals surface area contributed by atoms with Gasteiger partial charge < -0.3 is 10.2 Å². The monoisotopic (exact) mass is 446 g/mol. The van der Waals surface area contributed by atoms with E-state index in [0.717, 1.165) is 22.3 Å². The molecule has 0 aromatic heterocycles. The third kappa shape index (κ3) is 7.56. The second-order valence-electron chi connectivity index (χ2n) is 8.04. The molecule has 3 aromatic carbocycles. The number of carbonyl (C=O) groups is 2. The molecule has 172 valence electrons. The fourth-order valence-electron chi connectivity index (χ4n) is 3.61. The summed E-state index contributed by atoms with van der Waals surface area (Å²) in [6.07, 6.45) is 1.14. The van der Waals surface area contributed by atoms with Gasteiger partial charge in [0, 0.05) is 20.0 Å². The fourth-order valence-corrected chi connectivity index (χ4v) is 3.61. The number of nitrogens with zero attached hydrogens (tertiary/aromatic N) is 1. The topological polar surface area (TPSA) is 89.9 Å². The summed E-state index contributed by atoms with van der Waals surface area (Å²) in [6.45, 7) is 2.42. The summed E-state index contributed by atoms with van der Waals surface area (Å²) < 4.78 is 0. The summed E-state index contributed by atoms with van der Waals surface area (Å²) >= 11 is 0. The van der Waals surface area contributed by atoms with E-state index < -0.39 is 12.1 Å². The Bertz CT molecular complexity index is 1030. The van der Waals surface area contributed by atoms with E-state index in [9.17, 15) is 14.7 Å². The van der Waals surface area contributed by atoms with E-state index in [4.69, 9.17) is 5.11 Å². The summed E-state index contributed by atoms with van der Waals surface area (Å²) in [6, 6.07) is 25.0. The molecule has 0 aliphatic carbocycles. The molecule has 3 rings (SSSR count). The Balaban J connectivity index is 1.43. The molecule has 1 unspecified atom stereocenters. The molecule has 1 atom stereocenters. The van der Waals surface area contributed by atoms with Gasteiger partial charge in [0.25, 0.3) is 0 Å². The maximum atomic E-state index is 11.9. The lowest BCUT2D eigenvalue weighted by molar-refractivity contribution is -0.132. The van der Waals surface area contributed by atoms with Crippen LogP contribution >= 0.6 is 0 Å². The molecule has 0 spiro atoms. The molecule has 0 saturated carbocycles. The predicted octanol–water partition coefficient (Wildman–Crippen LogP) is 3.94. The van der Waals surface area contributed by atoms with E-state index in [1.54, 1.807) is 24.3 Å². The highest BCUT2D eigenvalue weighted by atomic mass is 16.4. The highest BCUT2D eigenvalue weighted by molar-refractivity contribution is 5.87. The minimum atomic E-state index is -0.959. The zero-order chi connectivity index (χ0) is 23.6. The number of aliphatic hydroxyl groups excluding tert-OH is 1. The summed E-state index contributed by atoms with van der Waals surface area (Å²) in [5, 5.41) is 20.9. The Kier molecular flexibility index (Phi) is 8.75. The van der Waals surface area contributed by atoms with E-state index in [1.807, 2.05) is 30.3 Å². The van der Waals surface area contributed by atoms with Crippen molar-refractivity contribution in [1.29, 1.82) is 0 Å². The van der Waals surface area contributed by atoms with Crippen LogP contribution in [0, 0.1) is 0 Å². The van der Waals surface area contributed by atoms with Gasteiger partial charge in [-0.15, -0.1) is 0 Å². The zero-order valence-electron chi connectivity index (χ0n) is 18.8. The van der Waals surface area contributed by atoms with Crippen LogP contribution in [0.1, 0.15) is 34.8 Å². The number of aromatic carboxylic acids is 1. The van der Waals surface area contributed by atoms with E-state index in [2.05, 4.69) is 29.7 Å². The molecule has 0 radical (unpaired) electrons. The maximum absolute atomic E-state index is 11.9. The largest absolute Gasteiger partial charge is 0.478 e. The lowest BCUT2D eigenvalue weighted by Crippen LogP contribution is -2.44. The van der Waals surface area contributed by atoms with Gasteiger partial charge in [0.1, 0.15) is 0 Å². The molecule has 6 nitrogen and oxygen atoms in total. The number of hydrogen-bond donors (Lipinski definition) is 3. The molecule has 33 heavy (non-hydrogen) atoms. The second-order valence-corrected chi connectivity index (χ2v) is 8.04. The van der Waals surface area contributed by atoms with Gasteiger partial charge in [-0.25, -0.2) is 10.2 Å². The number of rotatable bonds is 11. The minimum absolute atomic E-state index is 0.108. The molecule has 0 aliphatic rings. The Morgan fingerprint density at radius 3 is 2.09 bits per heavy atom. The average Bonchev–Trinajstić information content (AvgIpc) is 2.82. The lowest BCUT2D eigenvalue weighted by Gasteiger charge is -2.23. The fraction of sp³-hybridized carbons (Fsp3) is 0.259. The van der Waals surface area contributed by atoms with Crippen LogP contribution in [-0.2, 0) is 17.6 Å². The van der Waals surface area contributed by atoms with Crippen molar-refractivity contribution in [3.63, 3.8) is 0 Å². The van der Waals surface area contributed by atoms with Gasteiger partial charge >= 0.3 is 5.97 Å². The van der Waals surface area contributed by atoms with Crippen molar-refractivity contribution in [3.8, 4) is 11.1 Å². The number of amides is 1. The normalized spacial score (nSPS) is 11.7. The highest BCUT2D eigenvalue weighted by Crippen LogP contribution is 2.20. The van der Waals surface area contributed by atoms with E-state index in [0.29, 0.717) is 32.4 Å². The molecular formula is C27H30N2O4. The first-order valence-electron chi connectivity index (χ1n) is 11.1. The molecule has 6 heteroatoms. The number of carboxylic acids is 1. The number of benzene rings is 3. The molecule has 0 heterocycles. The molecule has 0 aliphatic heterocycles. The van der Waals surface area contributed by atoms with Crippen LogP contribution in [0.5, 0.6) is 0 Å². The van der Waals surface area contributed by atoms with Crippen LogP contribution in [0.25, 0.3) is 11.1 Å². The van der Waals surface area contributed by atoms with Crippen LogP contribution in [0.4, 0.5) is 0 Å². The maximum Gasteiger partial charge on any atom is 0.335 e. The van der Waals surface area contributed by atoms with Crippen molar-refractivity contribution >= 4 is 11.9 Å². The van der Waals surface area contributed by atoms with Crippen molar-refractivity contribution in [1.82, 2.24) is 10.4 Å². The number of carbonyl (C=O) groups excluding carboxylic acids is 1. The molecular weight excluding hydrogens is 416 g/mol. The summed E-state index contributed by atoms with van der Waals surface area (Å²) in [4.78, 5) is 22.9. The van der Waals surface area contributed by atoms with Gasteiger partial charge in [-0.3, -0.25) is 9.80 Å². The first-order valence-corrected chi connectivity index (χ1v) is 11.1. The lowest BCUT2D eigenvalue weighted by atomic mass is 10.0. The number of hydrazine groups is 1. The number of hydrogen-bond acceptors (Lipinski definition) is 4. The third-order valence-corrected chi connectivity index (χ3v) is 5.52. The Morgan fingerprint density at radius 1 is 0.879 bits per heavy atom. The van der Waals surface area contributed by atoms with Gasteiger partial charge in [-0.05, 0) is 53.6 Å². The smallest absolute Gasteiger partial charge is 0.335 e. The van der Waals surface area contributed by atoms with Gasteiger partial charge in [0.2, 0.25) is 5.91 Å². The summed E-state index contributed by atoms with van der Waals surface area (Å²) in [5.41, 5.74) is 7.66. The van der Waals surface area contributed by atoms with Crippen molar-refractivity contribution in [2.75, 3.05) is 13.1 Å². The molecule has 3 aromatic rings. The molecule has 0 saturated heterocycles. The summed E-state index contributed by atoms with van der Waals surface area (Å²) in [5.74, 6) is -1.07. The van der Waals surface area contributed by atoms with Crippen LogP contribution in [0.15, 0.2) is 78.9 Å². The van der Waals surface area contributed by atoms with E-state index >= 15 is 0 Å². The van der Waals surface area contributed by atoms with Crippen molar-refractivity contribution in [2.45, 2.75) is 32.3 Å². The summed E-state index contributed by atoms with van der Waals surface area (Å²) in [7, 11) is 0. The molecule has 3 N–H and O–H groups in total. The van der Waals surface area contributed by atoms with E-state index in [-0.39, 0.29) is 11.5 Å². The molecule has 1 amide bonds. The number of carboxylic acid groups (broad SMARTS) is 1.